The lowest BCUT2D eigenvalue weighted by atomic mass is 10.0. The van der Waals surface area contributed by atoms with Crippen molar-refractivity contribution in [1.82, 2.24) is 10.6 Å². The molecule has 0 bridgehead atoms. The number of aryl methyl sites for hydroxylation is 1. The molecule has 7 heteroatoms. The summed E-state index contributed by atoms with van der Waals surface area (Å²) in [5.41, 5.74) is 1.51. The summed E-state index contributed by atoms with van der Waals surface area (Å²) in [6, 6.07) is 5.46. The number of nitrogens with one attached hydrogen (secondary N) is 2. The van der Waals surface area contributed by atoms with Gasteiger partial charge in [-0.2, -0.15) is 0 Å². The van der Waals surface area contributed by atoms with E-state index >= 15 is 0 Å². The standard InChI is InChI=1S/C17H20Cl2N2O3/c1-2-11(5-3-10-4-6-14(18)15(19)7-10)21-17(24)12-8-20-16(23)13(12)9-22/h4,6-7,11,22H,2-3,5,8-9H2,1H3,(H,20,23)(H,21,24). The maximum Gasteiger partial charge on any atom is 0.250 e. The molecule has 1 aliphatic rings. The van der Waals surface area contributed by atoms with Gasteiger partial charge in [-0.15, -0.1) is 0 Å². The fraction of sp³-hybridized carbons (Fsp3) is 0.412. The number of benzene rings is 1. The highest BCUT2D eigenvalue weighted by Crippen LogP contribution is 2.23. The zero-order valence-corrected chi connectivity index (χ0v) is 14.9. The quantitative estimate of drug-likeness (QED) is 0.688. The van der Waals surface area contributed by atoms with Gasteiger partial charge in [0.1, 0.15) is 0 Å². The Morgan fingerprint density at radius 2 is 2.12 bits per heavy atom. The van der Waals surface area contributed by atoms with Crippen molar-refractivity contribution >= 4 is 35.0 Å². The highest BCUT2D eigenvalue weighted by molar-refractivity contribution is 6.42. The SMILES string of the molecule is CCC(CCc1ccc(Cl)c(Cl)c1)NC(=O)C1=C(CO)C(=O)NC1. The molecule has 1 aromatic carbocycles. The van der Waals surface area contributed by atoms with Crippen molar-refractivity contribution in [3.8, 4) is 0 Å². The summed E-state index contributed by atoms with van der Waals surface area (Å²) in [6.07, 6.45) is 2.25. The molecular weight excluding hydrogens is 351 g/mol. The van der Waals surface area contributed by atoms with E-state index in [9.17, 15) is 14.7 Å². The number of hydrogen-bond acceptors (Lipinski definition) is 3. The van der Waals surface area contributed by atoms with Gasteiger partial charge in [-0.05, 0) is 37.0 Å². The molecule has 0 saturated carbocycles. The minimum Gasteiger partial charge on any atom is -0.391 e. The first-order chi connectivity index (χ1) is 11.5. The van der Waals surface area contributed by atoms with Crippen LogP contribution in [0.15, 0.2) is 29.3 Å². The Morgan fingerprint density at radius 3 is 2.75 bits per heavy atom. The van der Waals surface area contributed by atoms with Crippen molar-refractivity contribution in [2.45, 2.75) is 32.2 Å². The molecule has 1 aliphatic heterocycles. The van der Waals surface area contributed by atoms with Gasteiger partial charge in [-0.25, -0.2) is 0 Å². The Kier molecular flexibility index (Phi) is 6.66. The van der Waals surface area contributed by atoms with Crippen LogP contribution in [-0.2, 0) is 16.0 Å². The number of hydrogen-bond donors (Lipinski definition) is 3. The Labute approximate surface area is 151 Å². The lowest BCUT2D eigenvalue weighted by Gasteiger charge is -2.18. The molecule has 1 atom stereocenters. The lowest BCUT2D eigenvalue weighted by Crippen LogP contribution is -2.36. The van der Waals surface area contributed by atoms with Crippen molar-refractivity contribution in [2.24, 2.45) is 0 Å². The molecule has 1 aromatic rings. The summed E-state index contributed by atoms with van der Waals surface area (Å²) in [7, 11) is 0. The molecule has 5 nitrogen and oxygen atoms in total. The van der Waals surface area contributed by atoms with Gasteiger partial charge in [0.25, 0.3) is 0 Å². The highest BCUT2D eigenvalue weighted by atomic mass is 35.5. The van der Waals surface area contributed by atoms with Crippen LogP contribution >= 0.6 is 23.2 Å². The number of carbonyl (C=O) groups excluding carboxylic acids is 2. The molecule has 3 N–H and O–H groups in total. The Bertz CT molecular complexity index is 674. The average molecular weight is 371 g/mol. The number of aliphatic hydroxyl groups is 1. The Balaban J connectivity index is 1.96. The van der Waals surface area contributed by atoms with E-state index in [4.69, 9.17) is 23.2 Å². The first kappa shape index (κ1) is 18.8. The van der Waals surface area contributed by atoms with Gasteiger partial charge in [0.15, 0.2) is 0 Å². The van der Waals surface area contributed by atoms with Crippen molar-refractivity contribution in [1.29, 1.82) is 0 Å². The molecule has 1 heterocycles. The zero-order valence-electron chi connectivity index (χ0n) is 13.4. The smallest absolute Gasteiger partial charge is 0.250 e. The Hall–Kier alpha value is -1.56. The van der Waals surface area contributed by atoms with Gasteiger partial charge in [0, 0.05) is 18.2 Å². The summed E-state index contributed by atoms with van der Waals surface area (Å²) < 4.78 is 0. The summed E-state index contributed by atoms with van der Waals surface area (Å²) in [6.45, 7) is 1.71. The van der Waals surface area contributed by atoms with E-state index in [1.54, 1.807) is 6.07 Å². The van der Waals surface area contributed by atoms with Crippen LogP contribution < -0.4 is 10.6 Å². The zero-order chi connectivity index (χ0) is 17.7. The van der Waals surface area contributed by atoms with Gasteiger partial charge < -0.3 is 15.7 Å². The van der Waals surface area contributed by atoms with E-state index < -0.39 is 6.61 Å². The van der Waals surface area contributed by atoms with Crippen LogP contribution in [0.25, 0.3) is 0 Å². The first-order valence-corrected chi connectivity index (χ1v) is 8.57. The van der Waals surface area contributed by atoms with Crippen LogP contribution in [-0.4, -0.2) is 36.1 Å². The van der Waals surface area contributed by atoms with E-state index in [-0.39, 0.29) is 30.0 Å². The molecule has 1 unspecified atom stereocenters. The van der Waals surface area contributed by atoms with Crippen LogP contribution in [0.4, 0.5) is 0 Å². The van der Waals surface area contributed by atoms with Crippen LogP contribution in [0, 0.1) is 0 Å². The molecule has 24 heavy (non-hydrogen) atoms. The summed E-state index contributed by atoms with van der Waals surface area (Å²) >= 11 is 11.9. The van der Waals surface area contributed by atoms with Crippen molar-refractivity contribution in [3.63, 3.8) is 0 Å². The largest absolute Gasteiger partial charge is 0.391 e. The second kappa shape index (κ2) is 8.51. The summed E-state index contributed by atoms with van der Waals surface area (Å²) in [5.74, 6) is -0.690. The molecule has 0 saturated heterocycles. The molecule has 0 radical (unpaired) electrons. The summed E-state index contributed by atoms with van der Waals surface area (Å²) in [5, 5.41) is 15.7. The van der Waals surface area contributed by atoms with Gasteiger partial charge in [-0.1, -0.05) is 36.2 Å². The van der Waals surface area contributed by atoms with Crippen molar-refractivity contribution in [3.05, 3.63) is 45.0 Å². The van der Waals surface area contributed by atoms with Crippen LogP contribution in [0.2, 0.25) is 10.0 Å². The average Bonchev–Trinajstić information content (AvgIpc) is 2.95. The third-order valence-corrected chi connectivity index (χ3v) is 4.83. The Morgan fingerprint density at radius 1 is 1.38 bits per heavy atom. The number of rotatable bonds is 7. The molecule has 130 valence electrons. The minimum atomic E-state index is -0.436. The van der Waals surface area contributed by atoms with Crippen LogP contribution in [0.3, 0.4) is 0 Å². The molecule has 0 fully saturated rings. The molecule has 0 aliphatic carbocycles. The van der Waals surface area contributed by atoms with Gasteiger partial charge in [0.2, 0.25) is 11.8 Å². The highest BCUT2D eigenvalue weighted by Gasteiger charge is 2.27. The predicted molar refractivity (Wildman–Crippen MR) is 94.1 cm³/mol. The fourth-order valence-electron chi connectivity index (χ4n) is 2.59. The molecular formula is C17H20Cl2N2O3. The second-order valence-electron chi connectivity index (χ2n) is 5.66. The van der Waals surface area contributed by atoms with E-state index in [0.717, 1.165) is 24.8 Å². The van der Waals surface area contributed by atoms with Crippen LogP contribution in [0.5, 0.6) is 0 Å². The summed E-state index contributed by atoms with van der Waals surface area (Å²) in [4.78, 5) is 23.8. The maximum atomic E-state index is 12.3. The fourth-order valence-corrected chi connectivity index (χ4v) is 2.91. The predicted octanol–water partition coefficient (Wildman–Crippen LogP) is 2.24. The van der Waals surface area contributed by atoms with E-state index in [0.29, 0.717) is 15.6 Å². The van der Waals surface area contributed by atoms with Crippen molar-refractivity contribution in [2.75, 3.05) is 13.2 Å². The third-order valence-electron chi connectivity index (χ3n) is 4.09. The second-order valence-corrected chi connectivity index (χ2v) is 6.48. The normalized spacial score (nSPS) is 15.4. The van der Waals surface area contributed by atoms with Gasteiger partial charge in [-0.3, -0.25) is 9.59 Å². The molecule has 0 spiro atoms. The number of aliphatic hydroxyl groups excluding tert-OH is 1. The number of amides is 2. The van der Waals surface area contributed by atoms with Gasteiger partial charge in [0.05, 0.1) is 22.2 Å². The van der Waals surface area contributed by atoms with E-state index in [2.05, 4.69) is 10.6 Å². The van der Waals surface area contributed by atoms with E-state index in [1.807, 2.05) is 19.1 Å². The monoisotopic (exact) mass is 370 g/mol. The first-order valence-electron chi connectivity index (χ1n) is 7.82. The molecule has 2 rings (SSSR count). The number of carbonyl (C=O) groups is 2. The minimum absolute atomic E-state index is 0.0323. The van der Waals surface area contributed by atoms with Crippen LogP contribution in [0.1, 0.15) is 25.3 Å². The van der Waals surface area contributed by atoms with E-state index in [1.165, 1.54) is 0 Å². The lowest BCUT2D eigenvalue weighted by molar-refractivity contribution is -0.119. The molecule has 2 amide bonds. The third kappa shape index (κ3) is 4.50. The topological polar surface area (TPSA) is 78.4 Å². The van der Waals surface area contributed by atoms with Gasteiger partial charge >= 0.3 is 0 Å². The number of halogens is 2. The molecule has 0 aromatic heterocycles. The van der Waals surface area contributed by atoms with Crippen molar-refractivity contribution < 1.29 is 14.7 Å². The maximum absolute atomic E-state index is 12.3.